The first-order valence-corrected chi connectivity index (χ1v) is 8.67. The molecule has 0 saturated carbocycles. The van der Waals surface area contributed by atoms with Gasteiger partial charge in [-0.1, -0.05) is 18.7 Å². The molecular formula is C14H21N4O6P. The average Bonchev–Trinajstić information content (AvgIpc) is 2.92. The van der Waals surface area contributed by atoms with Crippen LogP contribution in [0.2, 0.25) is 0 Å². The molecule has 0 aromatic carbocycles. The number of phosphoric acid groups is 1. The fraction of sp³-hybridized carbons (Fsp3) is 0.286. The Kier molecular flexibility index (Phi) is 8.09. The molecule has 0 aliphatic rings. The Morgan fingerprint density at radius 1 is 1.40 bits per heavy atom. The van der Waals surface area contributed by atoms with Crippen molar-refractivity contribution >= 4 is 20.1 Å². The van der Waals surface area contributed by atoms with E-state index in [-0.39, 0.29) is 0 Å². The Hall–Kier alpha value is -2.39. The monoisotopic (exact) mass is 372 g/mol. The highest BCUT2D eigenvalue weighted by atomic mass is 31.2. The van der Waals surface area contributed by atoms with Crippen molar-refractivity contribution in [3.05, 3.63) is 54.0 Å². The number of carbonyl (C=O) groups is 1. The summed E-state index contributed by atoms with van der Waals surface area (Å²) in [6, 6.07) is -0.604. The minimum atomic E-state index is -4.49. The van der Waals surface area contributed by atoms with Crippen LogP contribution < -0.4 is 11.0 Å². The van der Waals surface area contributed by atoms with E-state index in [1.807, 2.05) is 0 Å². The molecule has 0 spiro atoms. The molecule has 1 rings (SSSR count). The molecule has 0 bridgehead atoms. The van der Waals surface area contributed by atoms with Crippen LogP contribution in [-0.4, -0.2) is 31.7 Å². The maximum Gasteiger partial charge on any atom is 0.475 e. The van der Waals surface area contributed by atoms with Crippen molar-refractivity contribution in [2.45, 2.75) is 20.6 Å². The SMILES string of the molecule is C=CN(COP(=O)(O)OCn1ccn(/C=C/C)c1=O)C(=O)N/C=C/C. The molecule has 10 nitrogen and oxygen atoms in total. The van der Waals surface area contributed by atoms with Gasteiger partial charge in [-0.15, -0.1) is 0 Å². The quantitative estimate of drug-likeness (QED) is 0.505. The Morgan fingerprint density at radius 3 is 2.72 bits per heavy atom. The molecule has 138 valence electrons. The van der Waals surface area contributed by atoms with Gasteiger partial charge in [0.2, 0.25) is 0 Å². The van der Waals surface area contributed by atoms with Crippen molar-refractivity contribution in [3.8, 4) is 0 Å². The number of allylic oxidation sites excluding steroid dienone is 2. The Bertz CT molecular complexity index is 751. The molecule has 1 heterocycles. The lowest BCUT2D eigenvalue weighted by Gasteiger charge is -2.19. The third kappa shape index (κ3) is 6.55. The first kappa shape index (κ1) is 20.7. The third-order valence-electron chi connectivity index (χ3n) is 2.76. The first-order chi connectivity index (χ1) is 11.8. The van der Waals surface area contributed by atoms with Crippen LogP contribution in [0.3, 0.4) is 0 Å². The molecule has 0 aliphatic heterocycles. The van der Waals surface area contributed by atoms with E-state index in [1.54, 1.807) is 26.0 Å². The Labute approximate surface area is 144 Å². The number of urea groups is 1. The summed E-state index contributed by atoms with van der Waals surface area (Å²) in [6.45, 7) is 5.81. The van der Waals surface area contributed by atoms with Gasteiger partial charge in [0.1, 0.15) is 13.5 Å². The van der Waals surface area contributed by atoms with E-state index in [2.05, 4.69) is 11.9 Å². The molecule has 2 N–H and O–H groups in total. The Morgan fingerprint density at radius 2 is 2.12 bits per heavy atom. The van der Waals surface area contributed by atoms with Crippen molar-refractivity contribution < 1.29 is 23.3 Å². The second-order valence-corrected chi connectivity index (χ2v) is 5.98. The number of hydrogen-bond donors (Lipinski definition) is 2. The van der Waals surface area contributed by atoms with E-state index >= 15 is 0 Å². The molecule has 1 aromatic rings. The molecule has 0 aliphatic carbocycles. The van der Waals surface area contributed by atoms with Gasteiger partial charge in [0, 0.05) is 31.0 Å². The average molecular weight is 372 g/mol. The molecule has 2 amide bonds. The third-order valence-corrected chi connectivity index (χ3v) is 3.64. The van der Waals surface area contributed by atoms with Crippen LogP contribution in [-0.2, 0) is 20.3 Å². The van der Waals surface area contributed by atoms with Crippen molar-refractivity contribution in [1.29, 1.82) is 0 Å². The van der Waals surface area contributed by atoms with Gasteiger partial charge >= 0.3 is 19.5 Å². The minimum absolute atomic E-state index is 0.448. The van der Waals surface area contributed by atoms with Gasteiger partial charge in [-0.3, -0.25) is 23.1 Å². The zero-order chi connectivity index (χ0) is 18.9. The summed E-state index contributed by atoms with van der Waals surface area (Å²) in [6.07, 6.45) is 10.2. The highest BCUT2D eigenvalue weighted by Crippen LogP contribution is 2.43. The number of imidazole rings is 1. The number of nitrogens with one attached hydrogen (secondary N) is 1. The number of rotatable bonds is 9. The van der Waals surface area contributed by atoms with E-state index in [0.29, 0.717) is 0 Å². The van der Waals surface area contributed by atoms with Gasteiger partial charge in [0.05, 0.1) is 0 Å². The number of hydrogen-bond acceptors (Lipinski definition) is 5. The Balaban J connectivity index is 2.61. The minimum Gasteiger partial charge on any atom is -0.315 e. The molecule has 1 aromatic heterocycles. The topological polar surface area (TPSA) is 115 Å². The lowest BCUT2D eigenvalue weighted by molar-refractivity contribution is 0.0892. The number of carbonyl (C=O) groups excluding carboxylic acids is 1. The fourth-order valence-corrected chi connectivity index (χ4v) is 2.15. The number of nitrogens with zero attached hydrogens (tertiary/aromatic N) is 3. The standard InChI is InChI=1S/C14H21N4O6P/c1-4-7-15-13(19)16(6-3)11-23-25(21,22)24-12-18-10-9-17(8-5-2)14(18)20/h4-10H,3,11-12H2,1-2H3,(H,15,19)(H,21,22)/b7-4+,8-5+. The molecule has 25 heavy (non-hydrogen) atoms. The lowest BCUT2D eigenvalue weighted by atomic mass is 10.6. The zero-order valence-electron chi connectivity index (χ0n) is 13.9. The molecule has 0 radical (unpaired) electrons. The molecule has 0 saturated heterocycles. The van der Waals surface area contributed by atoms with Crippen LogP contribution in [0.5, 0.6) is 0 Å². The molecule has 0 fully saturated rings. The van der Waals surface area contributed by atoms with Gasteiger partial charge < -0.3 is 10.2 Å². The van der Waals surface area contributed by atoms with E-state index in [0.717, 1.165) is 15.7 Å². The van der Waals surface area contributed by atoms with Crippen LogP contribution in [0.4, 0.5) is 4.79 Å². The van der Waals surface area contributed by atoms with Crippen molar-refractivity contribution in [3.63, 3.8) is 0 Å². The normalized spacial score (nSPS) is 13.9. The lowest BCUT2D eigenvalue weighted by Crippen LogP contribution is -2.34. The van der Waals surface area contributed by atoms with Gasteiger partial charge in [-0.05, 0) is 13.8 Å². The second-order valence-electron chi connectivity index (χ2n) is 4.53. The van der Waals surface area contributed by atoms with Gasteiger partial charge in [0.25, 0.3) is 0 Å². The van der Waals surface area contributed by atoms with Crippen molar-refractivity contribution in [2.24, 2.45) is 0 Å². The van der Waals surface area contributed by atoms with E-state index in [9.17, 15) is 19.0 Å². The van der Waals surface area contributed by atoms with Crippen LogP contribution in [0.15, 0.2) is 48.3 Å². The summed E-state index contributed by atoms with van der Waals surface area (Å²) in [7, 11) is -4.49. The highest BCUT2D eigenvalue weighted by molar-refractivity contribution is 7.47. The largest absolute Gasteiger partial charge is 0.475 e. The summed E-state index contributed by atoms with van der Waals surface area (Å²) < 4.78 is 23.7. The van der Waals surface area contributed by atoms with Crippen molar-refractivity contribution in [2.75, 3.05) is 6.73 Å². The zero-order valence-corrected chi connectivity index (χ0v) is 14.8. The van der Waals surface area contributed by atoms with E-state index in [1.165, 1.54) is 29.4 Å². The van der Waals surface area contributed by atoms with Crippen LogP contribution in [0.1, 0.15) is 13.8 Å². The fourth-order valence-electron chi connectivity index (χ4n) is 1.54. The number of phosphoric ester groups is 1. The molecule has 1 unspecified atom stereocenters. The van der Waals surface area contributed by atoms with Gasteiger partial charge in [-0.2, -0.15) is 0 Å². The van der Waals surface area contributed by atoms with E-state index in [4.69, 9.17) is 9.05 Å². The molecule has 11 heteroatoms. The van der Waals surface area contributed by atoms with Gasteiger partial charge in [-0.25, -0.2) is 14.2 Å². The van der Waals surface area contributed by atoms with Crippen LogP contribution in [0, 0.1) is 0 Å². The van der Waals surface area contributed by atoms with Gasteiger partial charge in [0.15, 0.2) is 0 Å². The summed E-state index contributed by atoms with van der Waals surface area (Å²) in [4.78, 5) is 34.1. The summed E-state index contributed by atoms with van der Waals surface area (Å²) in [5.74, 6) is 0. The second kappa shape index (κ2) is 9.80. The summed E-state index contributed by atoms with van der Waals surface area (Å²) in [5.41, 5.74) is -0.448. The maximum atomic E-state index is 11.9. The highest BCUT2D eigenvalue weighted by Gasteiger charge is 2.24. The van der Waals surface area contributed by atoms with Crippen molar-refractivity contribution in [1.82, 2.24) is 19.4 Å². The predicted molar refractivity (Wildman–Crippen MR) is 91.9 cm³/mol. The first-order valence-electron chi connectivity index (χ1n) is 7.17. The number of amides is 2. The van der Waals surface area contributed by atoms with Crippen LogP contribution >= 0.6 is 7.82 Å². The predicted octanol–water partition coefficient (Wildman–Crippen LogP) is 1.88. The summed E-state index contributed by atoms with van der Waals surface area (Å²) in [5, 5.41) is 2.39. The molecule has 1 atom stereocenters. The van der Waals surface area contributed by atoms with E-state index < -0.39 is 33.0 Å². The summed E-state index contributed by atoms with van der Waals surface area (Å²) >= 11 is 0. The molecular weight excluding hydrogens is 351 g/mol. The maximum absolute atomic E-state index is 11.9. The van der Waals surface area contributed by atoms with Crippen LogP contribution in [0.25, 0.3) is 6.20 Å². The smallest absolute Gasteiger partial charge is 0.315 e. The number of aromatic nitrogens is 2.